The number of nitrogens with one attached hydrogen (secondary N) is 1. The normalized spacial score (nSPS) is 13.7. The number of aliphatic hydroxyl groups excluding tert-OH is 3. The SMILES string of the molecule is CCCCC/C=C/CC/C=C/CC/C=C/C(O)C(CO)NC(=O)CC(O)CCCCCCCCCCCCCCCCC/C=C\C/C=C\CCCCCCCCCCCCCCCCC. The van der Waals surface area contributed by atoms with E-state index in [0.29, 0.717) is 6.42 Å². The number of hydrogen-bond donors (Lipinski definition) is 4. The van der Waals surface area contributed by atoms with Crippen molar-refractivity contribution in [3.05, 3.63) is 60.8 Å². The summed E-state index contributed by atoms with van der Waals surface area (Å²) in [5.74, 6) is -0.330. The lowest BCUT2D eigenvalue weighted by Gasteiger charge is -2.21. The van der Waals surface area contributed by atoms with Crippen molar-refractivity contribution in [3.8, 4) is 0 Å². The molecule has 0 aromatic heterocycles. The molecule has 380 valence electrons. The first-order valence-corrected chi connectivity index (χ1v) is 28.6. The van der Waals surface area contributed by atoms with E-state index in [1.165, 1.54) is 218 Å². The predicted octanol–water partition coefficient (Wildman–Crippen LogP) is 17.8. The molecule has 0 rings (SSSR count). The maximum absolute atomic E-state index is 12.5. The Kier molecular flexibility index (Phi) is 53.0. The smallest absolute Gasteiger partial charge is 0.222 e. The number of amides is 1. The number of carbonyl (C=O) groups excluding carboxylic acids is 1. The van der Waals surface area contributed by atoms with Gasteiger partial charge in [-0.2, -0.15) is 0 Å². The van der Waals surface area contributed by atoms with Gasteiger partial charge in [0.2, 0.25) is 5.91 Å². The molecule has 3 unspecified atom stereocenters. The highest BCUT2D eigenvalue weighted by molar-refractivity contribution is 5.76. The van der Waals surface area contributed by atoms with Crippen molar-refractivity contribution in [1.82, 2.24) is 5.32 Å². The molecular weight excluding hydrogens is 799 g/mol. The van der Waals surface area contributed by atoms with Crippen LogP contribution in [0.5, 0.6) is 0 Å². The molecule has 0 saturated heterocycles. The molecule has 0 radical (unpaired) electrons. The molecule has 0 spiro atoms. The van der Waals surface area contributed by atoms with Crippen molar-refractivity contribution in [3.63, 3.8) is 0 Å². The summed E-state index contributed by atoms with van der Waals surface area (Å²) in [5.41, 5.74) is 0. The number of unbranched alkanes of at least 4 members (excludes halogenated alkanes) is 35. The minimum atomic E-state index is -0.961. The number of hydrogen-bond acceptors (Lipinski definition) is 4. The van der Waals surface area contributed by atoms with Gasteiger partial charge in [-0.1, -0.05) is 267 Å². The highest BCUT2D eigenvalue weighted by Gasteiger charge is 2.20. The average molecular weight is 911 g/mol. The number of carbonyl (C=O) groups is 1. The van der Waals surface area contributed by atoms with Gasteiger partial charge in [0.15, 0.2) is 0 Å². The predicted molar refractivity (Wildman–Crippen MR) is 287 cm³/mol. The molecule has 0 aromatic carbocycles. The molecule has 0 bridgehead atoms. The maximum atomic E-state index is 12.5. The fourth-order valence-corrected chi connectivity index (χ4v) is 8.64. The average Bonchev–Trinajstić information content (AvgIpc) is 3.30. The second-order valence-electron chi connectivity index (χ2n) is 19.5. The Morgan fingerprint density at radius 3 is 1.11 bits per heavy atom. The van der Waals surface area contributed by atoms with Crippen LogP contribution in [0, 0.1) is 0 Å². The number of aliphatic hydroxyl groups is 3. The molecule has 0 aromatic rings. The fraction of sp³-hybridized carbons (Fsp3) is 0.817. The molecule has 4 N–H and O–H groups in total. The lowest BCUT2D eigenvalue weighted by molar-refractivity contribution is -0.124. The summed E-state index contributed by atoms with van der Waals surface area (Å²) in [5, 5.41) is 33.3. The Bertz CT molecular complexity index is 1090. The minimum absolute atomic E-state index is 0.00112. The second kappa shape index (κ2) is 54.7. The zero-order valence-corrected chi connectivity index (χ0v) is 43.4. The summed E-state index contributed by atoms with van der Waals surface area (Å²) in [7, 11) is 0. The maximum Gasteiger partial charge on any atom is 0.222 e. The van der Waals surface area contributed by atoms with Gasteiger partial charge in [0.25, 0.3) is 0 Å². The third-order valence-electron chi connectivity index (χ3n) is 13.0. The van der Waals surface area contributed by atoms with E-state index in [2.05, 4.69) is 67.8 Å². The summed E-state index contributed by atoms with van der Waals surface area (Å²) in [6, 6.07) is -0.769. The van der Waals surface area contributed by atoms with Crippen LogP contribution in [0.1, 0.15) is 290 Å². The zero-order valence-electron chi connectivity index (χ0n) is 43.4. The monoisotopic (exact) mass is 910 g/mol. The molecule has 0 fully saturated rings. The summed E-state index contributed by atoms with van der Waals surface area (Å²) in [4.78, 5) is 12.5. The summed E-state index contributed by atoms with van der Waals surface area (Å²) < 4.78 is 0. The van der Waals surface area contributed by atoms with E-state index in [-0.39, 0.29) is 18.9 Å². The highest BCUT2D eigenvalue weighted by atomic mass is 16.3. The van der Waals surface area contributed by atoms with E-state index in [4.69, 9.17) is 0 Å². The van der Waals surface area contributed by atoms with Gasteiger partial charge in [-0.05, 0) is 77.0 Å². The van der Waals surface area contributed by atoms with Gasteiger partial charge in [-0.25, -0.2) is 0 Å². The molecule has 0 heterocycles. The largest absolute Gasteiger partial charge is 0.394 e. The third-order valence-corrected chi connectivity index (χ3v) is 13.0. The van der Waals surface area contributed by atoms with Crippen molar-refractivity contribution in [1.29, 1.82) is 0 Å². The summed E-state index contributed by atoms with van der Waals surface area (Å²) >= 11 is 0. The van der Waals surface area contributed by atoms with E-state index < -0.39 is 18.2 Å². The molecule has 65 heavy (non-hydrogen) atoms. The van der Waals surface area contributed by atoms with Gasteiger partial charge < -0.3 is 20.6 Å². The molecule has 1 amide bonds. The first kappa shape index (κ1) is 63.0. The van der Waals surface area contributed by atoms with Crippen LogP contribution in [-0.4, -0.2) is 46.1 Å². The first-order valence-electron chi connectivity index (χ1n) is 28.6. The van der Waals surface area contributed by atoms with Crippen LogP contribution < -0.4 is 5.32 Å². The van der Waals surface area contributed by atoms with E-state index >= 15 is 0 Å². The standard InChI is InChI=1S/C60H111NO4/c1-3-5-7-9-11-13-15-17-18-19-20-21-22-23-24-25-26-27-28-29-30-31-32-33-34-35-36-37-38-39-40-42-43-45-47-49-51-53-57(63)55-60(65)61-58(56-62)59(64)54-52-50-48-46-44-41-16-14-12-10-8-6-4-2/h12,14,26-27,29-30,44,46,52,54,57-59,62-64H,3-11,13,15-25,28,31-43,45,47-51,53,55-56H2,1-2H3,(H,61,65)/b14-12+,27-26-,30-29-,46-44+,54-52+. The minimum Gasteiger partial charge on any atom is -0.394 e. The van der Waals surface area contributed by atoms with Crippen molar-refractivity contribution in [2.75, 3.05) is 6.61 Å². The quantitative estimate of drug-likeness (QED) is 0.0362. The Morgan fingerprint density at radius 2 is 0.708 bits per heavy atom. The van der Waals surface area contributed by atoms with Crippen molar-refractivity contribution in [2.24, 2.45) is 0 Å². The van der Waals surface area contributed by atoms with Gasteiger partial charge >= 0.3 is 0 Å². The third kappa shape index (κ3) is 51.3. The lowest BCUT2D eigenvalue weighted by Crippen LogP contribution is -2.45. The molecule has 3 atom stereocenters. The van der Waals surface area contributed by atoms with Crippen molar-refractivity contribution >= 4 is 5.91 Å². The molecule has 0 aliphatic heterocycles. The molecular formula is C60H111NO4. The van der Waals surface area contributed by atoms with Crippen LogP contribution in [0.2, 0.25) is 0 Å². The van der Waals surface area contributed by atoms with E-state index in [0.717, 1.165) is 44.9 Å². The van der Waals surface area contributed by atoms with E-state index in [9.17, 15) is 20.1 Å². The molecule has 5 nitrogen and oxygen atoms in total. The van der Waals surface area contributed by atoms with E-state index in [1.54, 1.807) is 6.08 Å². The van der Waals surface area contributed by atoms with E-state index in [1.807, 2.05) is 6.08 Å². The second-order valence-corrected chi connectivity index (χ2v) is 19.5. The van der Waals surface area contributed by atoms with Gasteiger partial charge in [-0.15, -0.1) is 0 Å². The zero-order chi connectivity index (χ0) is 47.2. The Balaban J connectivity index is 3.51. The highest BCUT2D eigenvalue weighted by Crippen LogP contribution is 2.17. The fourth-order valence-electron chi connectivity index (χ4n) is 8.64. The first-order chi connectivity index (χ1) is 32.0. The molecule has 0 saturated carbocycles. The van der Waals surface area contributed by atoms with Gasteiger partial charge in [-0.3, -0.25) is 4.79 Å². The van der Waals surface area contributed by atoms with Gasteiger partial charge in [0.05, 0.1) is 31.3 Å². The van der Waals surface area contributed by atoms with Crippen LogP contribution in [-0.2, 0) is 4.79 Å². The van der Waals surface area contributed by atoms with Crippen LogP contribution in [0.3, 0.4) is 0 Å². The number of rotatable bonds is 52. The van der Waals surface area contributed by atoms with Crippen LogP contribution in [0.15, 0.2) is 60.8 Å². The van der Waals surface area contributed by atoms with Crippen LogP contribution in [0.4, 0.5) is 0 Å². The lowest BCUT2D eigenvalue weighted by atomic mass is 10.0. The van der Waals surface area contributed by atoms with Gasteiger partial charge in [0.1, 0.15) is 0 Å². The Labute approximate surface area is 405 Å². The van der Waals surface area contributed by atoms with Gasteiger partial charge in [0, 0.05) is 0 Å². The number of allylic oxidation sites excluding steroid dienone is 9. The van der Waals surface area contributed by atoms with Crippen molar-refractivity contribution in [2.45, 2.75) is 308 Å². The van der Waals surface area contributed by atoms with Crippen LogP contribution >= 0.6 is 0 Å². The van der Waals surface area contributed by atoms with Crippen molar-refractivity contribution < 1.29 is 20.1 Å². The van der Waals surface area contributed by atoms with Crippen LogP contribution in [0.25, 0.3) is 0 Å². The summed E-state index contributed by atoms with van der Waals surface area (Å²) in [6.45, 7) is 4.18. The topological polar surface area (TPSA) is 89.8 Å². The molecule has 0 aliphatic carbocycles. The molecule has 5 heteroatoms. The Hall–Kier alpha value is -1.95. The molecule has 0 aliphatic rings. The Morgan fingerprint density at radius 1 is 0.400 bits per heavy atom. The summed E-state index contributed by atoms with van der Waals surface area (Å²) in [6.07, 6.45) is 74.3.